The molecule has 1 N–H and O–H groups in total. The first-order valence-electron chi connectivity index (χ1n) is 2.39. The second kappa shape index (κ2) is 2.78. The molecule has 0 radical (unpaired) electrons. The van der Waals surface area contributed by atoms with Crippen LogP contribution in [0.4, 0.5) is 13.2 Å². The molecule has 62 valence electrons. The van der Waals surface area contributed by atoms with Crippen LogP contribution >= 0.6 is 31.9 Å². The molecular weight excluding hydrogens is 293 g/mol. The summed E-state index contributed by atoms with van der Waals surface area (Å²) in [5, 5.41) is 0. The van der Waals surface area contributed by atoms with Gasteiger partial charge in [-0.2, -0.15) is 13.2 Å². The Hall–Kier alpha value is -0.0400. The lowest BCUT2D eigenvalue weighted by molar-refractivity contribution is -0.141. The molecule has 0 bridgehead atoms. The smallest absolute Gasteiger partial charge is 0.328 e. The molecule has 0 spiro atoms. The molecular formula is C4HBr2F3N2. The van der Waals surface area contributed by atoms with E-state index in [9.17, 15) is 13.2 Å². The molecule has 1 aromatic heterocycles. The zero-order valence-electron chi connectivity index (χ0n) is 4.84. The van der Waals surface area contributed by atoms with Crippen molar-refractivity contribution in [2.45, 2.75) is 6.18 Å². The highest BCUT2D eigenvalue weighted by atomic mass is 79.9. The summed E-state index contributed by atoms with van der Waals surface area (Å²) >= 11 is 5.44. The molecule has 0 aliphatic heterocycles. The average Bonchev–Trinajstić information content (AvgIpc) is 2.08. The summed E-state index contributed by atoms with van der Waals surface area (Å²) in [5.74, 6) is 0. The van der Waals surface area contributed by atoms with E-state index in [1.165, 1.54) is 0 Å². The minimum Gasteiger partial charge on any atom is -0.328 e. The third-order valence-electron chi connectivity index (χ3n) is 0.914. The molecule has 0 amide bonds. The highest BCUT2D eigenvalue weighted by molar-refractivity contribution is 9.11. The molecule has 0 aliphatic rings. The fourth-order valence-corrected chi connectivity index (χ4v) is 1.63. The van der Waals surface area contributed by atoms with Crippen molar-refractivity contribution in [2.75, 3.05) is 0 Å². The van der Waals surface area contributed by atoms with Crippen molar-refractivity contribution in [2.24, 2.45) is 0 Å². The topological polar surface area (TPSA) is 28.7 Å². The van der Waals surface area contributed by atoms with Crippen LogP contribution in [0.25, 0.3) is 0 Å². The number of nitrogens with one attached hydrogen (secondary N) is 1. The van der Waals surface area contributed by atoms with E-state index in [-0.39, 0.29) is 9.34 Å². The maximum Gasteiger partial charge on any atom is 0.433 e. The Kier molecular flexibility index (Phi) is 2.29. The Morgan fingerprint density at radius 1 is 1.27 bits per heavy atom. The molecule has 0 aromatic carbocycles. The van der Waals surface area contributed by atoms with E-state index >= 15 is 0 Å². The molecule has 0 saturated carbocycles. The van der Waals surface area contributed by atoms with Gasteiger partial charge in [0.2, 0.25) is 0 Å². The summed E-state index contributed by atoms with van der Waals surface area (Å²) in [6.45, 7) is 0. The third kappa shape index (κ3) is 1.96. The lowest BCUT2D eigenvalue weighted by Crippen LogP contribution is -2.05. The Labute approximate surface area is 76.5 Å². The maximum atomic E-state index is 11.9. The minimum atomic E-state index is -4.39. The Balaban J connectivity index is 3.13. The minimum absolute atomic E-state index is 0.0525. The van der Waals surface area contributed by atoms with Crippen LogP contribution in [0.3, 0.4) is 0 Å². The van der Waals surface area contributed by atoms with Gasteiger partial charge in [-0.3, -0.25) is 0 Å². The highest BCUT2D eigenvalue weighted by Gasteiger charge is 2.35. The van der Waals surface area contributed by atoms with Crippen LogP contribution in [0.2, 0.25) is 0 Å². The summed E-state index contributed by atoms with van der Waals surface area (Å²) < 4.78 is 35.6. The van der Waals surface area contributed by atoms with Crippen molar-refractivity contribution in [3.8, 4) is 0 Å². The first-order chi connectivity index (χ1) is 4.91. The van der Waals surface area contributed by atoms with Crippen molar-refractivity contribution in [3.63, 3.8) is 0 Å². The number of alkyl halides is 3. The number of nitrogens with zero attached hydrogens (tertiary/aromatic N) is 1. The van der Waals surface area contributed by atoms with Gasteiger partial charge in [0.15, 0.2) is 10.4 Å². The SMILES string of the molecule is FC(F)(F)c1[nH]c(Br)nc1Br. The Morgan fingerprint density at radius 2 is 1.82 bits per heavy atom. The quantitative estimate of drug-likeness (QED) is 0.783. The molecule has 2 nitrogen and oxygen atoms in total. The van der Waals surface area contributed by atoms with E-state index in [0.29, 0.717) is 0 Å². The van der Waals surface area contributed by atoms with Gasteiger partial charge in [-0.15, -0.1) is 0 Å². The van der Waals surface area contributed by atoms with Gasteiger partial charge in [-0.25, -0.2) is 4.98 Å². The second-order valence-corrected chi connectivity index (χ2v) is 3.19. The fourth-order valence-electron chi connectivity index (χ4n) is 0.513. The van der Waals surface area contributed by atoms with Crippen LogP contribution in [-0.2, 0) is 6.18 Å². The second-order valence-electron chi connectivity index (χ2n) is 1.69. The van der Waals surface area contributed by atoms with Crippen molar-refractivity contribution in [1.82, 2.24) is 9.97 Å². The predicted octanol–water partition coefficient (Wildman–Crippen LogP) is 2.95. The summed E-state index contributed by atoms with van der Waals surface area (Å²) in [6.07, 6.45) is -4.39. The molecule has 11 heavy (non-hydrogen) atoms. The maximum absolute atomic E-state index is 11.9. The largest absolute Gasteiger partial charge is 0.433 e. The van der Waals surface area contributed by atoms with Crippen LogP contribution in [0.1, 0.15) is 5.69 Å². The van der Waals surface area contributed by atoms with Gasteiger partial charge in [0.1, 0.15) is 4.60 Å². The van der Waals surface area contributed by atoms with E-state index in [2.05, 4.69) is 36.8 Å². The molecule has 0 fully saturated rings. The Morgan fingerprint density at radius 3 is 2.00 bits per heavy atom. The monoisotopic (exact) mass is 292 g/mol. The van der Waals surface area contributed by atoms with Crippen LogP contribution in [0.5, 0.6) is 0 Å². The third-order valence-corrected chi connectivity index (χ3v) is 1.86. The molecule has 0 atom stereocenters. The predicted molar refractivity (Wildman–Crippen MR) is 39.0 cm³/mol. The zero-order valence-corrected chi connectivity index (χ0v) is 8.01. The highest BCUT2D eigenvalue weighted by Crippen LogP contribution is 2.33. The molecule has 7 heteroatoms. The summed E-state index contributed by atoms with van der Waals surface area (Å²) in [4.78, 5) is 5.45. The molecule has 1 heterocycles. The zero-order chi connectivity index (χ0) is 8.65. The number of aromatic nitrogens is 2. The first kappa shape index (κ1) is 9.05. The number of H-pyrrole nitrogens is 1. The molecule has 0 unspecified atom stereocenters. The number of rotatable bonds is 0. The van der Waals surface area contributed by atoms with Gasteiger partial charge in [0, 0.05) is 0 Å². The van der Waals surface area contributed by atoms with E-state index in [4.69, 9.17) is 0 Å². The van der Waals surface area contributed by atoms with Crippen LogP contribution in [0, 0.1) is 0 Å². The van der Waals surface area contributed by atoms with Gasteiger partial charge in [0.05, 0.1) is 0 Å². The fraction of sp³-hybridized carbons (Fsp3) is 0.250. The molecule has 1 rings (SSSR count). The molecule has 1 aromatic rings. The van der Waals surface area contributed by atoms with Crippen LogP contribution in [0.15, 0.2) is 9.34 Å². The standard InChI is InChI=1S/C4HBr2F3N2/c5-2-1(4(7,8)9)10-3(6)11-2/h(H,10,11). The number of aromatic amines is 1. The van der Waals surface area contributed by atoms with Crippen molar-refractivity contribution >= 4 is 31.9 Å². The van der Waals surface area contributed by atoms with E-state index in [0.717, 1.165) is 0 Å². The average molecular weight is 294 g/mol. The lowest BCUT2D eigenvalue weighted by atomic mass is 10.5. The Bertz CT molecular complexity index is 267. The van der Waals surface area contributed by atoms with Crippen molar-refractivity contribution in [3.05, 3.63) is 15.0 Å². The van der Waals surface area contributed by atoms with Crippen molar-refractivity contribution in [1.29, 1.82) is 0 Å². The van der Waals surface area contributed by atoms with Gasteiger partial charge in [-0.05, 0) is 31.9 Å². The molecule has 0 saturated heterocycles. The summed E-state index contributed by atoms with van der Waals surface area (Å²) in [6, 6.07) is 0. The summed E-state index contributed by atoms with van der Waals surface area (Å²) in [5.41, 5.74) is -0.885. The van der Waals surface area contributed by atoms with Gasteiger partial charge < -0.3 is 4.98 Å². The van der Waals surface area contributed by atoms with Crippen LogP contribution < -0.4 is 0 Å². The lowest BCUT2D eigenvalue weighted by Gasteiger charge is -2.01. The van der Waals surface area contributed by atoms with Gasteiger partial charge in [-0.1, -0.05) is 0 Å². The number of hydrogen-bond acceptors (Lipinski definition) is 1. The number of halogens is 5. The number of hydrogen-bond donors (Lipinski definition) is 1. The van der Waals surface area contributed by atoms with E-state index < -0.39 is 11.9 Å². The van der Waals surface area contributed by atoms with Gasteiger partial charge in [0.25, 0.3) is 0 Å². The van der Waals surface area contributed by atoms with Gasteiger partial charge >= 0.3 is 6.18 Å². The summed E-state index contributed by atoms with van der Waals surface area (Å²) in [7, 11) is 0. The molecule has 0 aliphatic carbocycles. The van der Waals surface area contributed by atoms with Crippen LogP contribution in [-0.4, -0.2) is 9.97 Å². The number of imidazole rings is 1. The normalized spacial score (nSPS) is 12.1. The van der Waals surface area contributed by atoms with E-state index in [1.54, 1.807) is 0 Å². The van der Waals surface area contributed by atoms with E-state index in [1.807, 2.05) is 4.98 Å². The van der Waals surface area contributed by atoms with Crippen molar-refractivity contribution < 1.29 is 13.2 Å². The first-order valence-corrected chi connectivity index (χ1v) is 3.98.